The van der Waals surface area contributed by atoms with E-state index in [1.165, 1.54) is 25.8 Å². The molecule has 0 aromatic heterocycles. The SMILES string of the molecule is COc1cccc(C23CCN(CC4CC4)CC2(OC(C)=O)CCC(NC(=O)C=Cc2cccc(O)c2)C3)c1. The number of nitrogens with one attached hydrogen (secondary N) is 1. The lowest BCUT2D eigenvalue weighted by atomic mass is 9.55. The number of amides is 1. The lowest BCUT2D eigenvalue weighted by molar-refractivity contribution is -0.187. The predicted molar refractivity (Wildman–Crippen MR) is 146 cm³/mol. The van der Waals surface area contributed by atoms with E-state index in [1.54, 1.807) is 31.4 Å². The van der Waals surface area contributed by atoms with Crippen LogP contribution in [0.3, 0.4) is 0 Å². The van der Waals surface area contributed by atoms with Crippen LogP contribution in [-0.2, 0) is 19.7 Å². The van der Waals surface area contributed by atoms with Crippen molar-refractivity contribution in [3.63, 3.8) is 0 Å². The summed E-state index contributed by atoms with van der Waals surface area (Å²) in [5.74, 6) is 1.25. The Labute approximate surface area is 224 Å². The molecule has 3 fully saturated rings. The van der Waals surface area contributed by atoms with E-state index < -0.39 is 11.0 Å². The first-order chi connectivity index (χ1) is 18.3. The molecule has 1 aliphatic heterocycles. The van der Waals surface area contributed by atoms with Gasteiger partial charge in [-0.25, -0.2) is 0 Å². The first-order valence-corrected chi connectivity index (χ1v) is 13.6. The second-order valence-electron chi connectivity index (χ2n) is 11.2. The van der Waals surface area contributed by atoms with Crippen LogP contribution in [0.4, 0.5) is 0 Å². The average molecular weight is 519 g/mol. The summed E-state index contributed by atoms with van der Waals surface area (Å²) in [6.07, 6.45) is 8.69. The highest BCUT2D eigenvalue weighted by Crippen LogP contribution is 2.54. The lowest BCUT2D eigenvalue weighted by Crippen LogP contribution is -2.68. The summed E-state index contributed by atoms with van der Waals surface area (Å²) in [6.45, 7) is 4.19. The molecular weight excluding hydrogens is 480 g/mol. The Kier molecular flexibility index (Phi) is 7.48. The fraction of sp³-hybridized carbons (Fsp3) is 0.484. The van der Waals surface area contributed by atoms with E-state index in [0.29, 0.717) is 19.4 Å². The highest BCUT2D eigenvalue weighted by Gasteiger charge is 2.61. The third-order valence-electron chi connectivity index (χ3n) is 8.52. The molecule has 7 nitrogen and oxygen atoms in total. The van der Waals surface area contributed by atoms with E-state index >= 15 is 0 Å². The van der Waals surface area contributed by atoms with Gasteiger partial charge in [0, 0.05) is 37.5 Å². The van der Waals surface area contributed by atoms with Gasteiger partial charge in [-0.15, -0.1) is 0 Å². The number of phenols is 1. The number of likely N-dealkylation sites (tertiary alicyclic amines) is 1. The molecule has 0 bridgehead atoms. The van der Waals surface area contributed by atoms with Gasteiger partial charge in [0.25, 0.3) is 0 Å². The fourth-order valence-corrected chi connectivity index (χ4v) is 6.60. The Hall–Kier alpha value is -3.32. The van der Waals surface area contributed by atoms with Crippen molar-refractivity contribution in [1.29, 1.82) is 0 Å². The molecule has 2 N–H and O–H groups in total. The number of hydrogen-bond acceptors (Lipinski definition) is 6. The first kappa shape index (κ1) is 26.3. The normalized spacial score (nSPS) is 27.5. The lowest BCUT2D eigenvalue weighted by Gasteiger charge is -2.59. The Morgan fingerprint density at radius 2 is 1.95 bits per heavy atom. The summed E-state index contributed by atoms with van der Waals surface area (Å²) in [4.78, 5) is 28.0. The third kappa shape index (κ3) is 5.58. The van der Waals surface area contributed by atoms with Gasteiger partial charge in [0.15, 0.2) is 0 Å². The maximum Gasteiger partial charge on any atom is 0.303 e. The van der Waals surface area contributed by atoms with E-state index in [-0.39, 0.29) is 23.7 Å². The number of benzene rings is 2. The molecule has 7 heteroatoms. The zero-order chi connectivity index (χ0) is 26.8. The van der Waals surface area contributed by atoms with Gasteiger partial charge in [0.2, 0.25) is 5.91 Å². The van der Waals surface area contributed by atoms with Crippen LogP contribution in [0.15, 0.2) is 54.6 Å². The largest absolute Gasteiger partial charge is 0.508 e. The van der Waals surface area contributed by atoms with Gasteiger partial charge in [-0.2, -0.15) is 0 Å². The van der Waals surface area contributed by atoms with E-state index in [4.69, 9.17) is 9.47 Å². The zero-order valence-corrected chi connectivity index (χ0v) is 22.3. The highest BCUT2D eigenvalue weighted by atomic mass is 16.6. The second-order valence-corrected chi connectivity index (χ2v) is 11.2. The Balaban J connectivity index is 1.43. The number of nitrogens with zero attached hydrogens (tertiary/aromatic N) is 1. The standard InChI is InChI=1S/C31H38N2O5/c1-22(34)38-31-14-13-26(32-29(36)12-11-23-5-3-7-27(35)17-23)19-30(31,25-6-4-8-28(18-25)37-2)15-16-33(21-31)20-24-9-10-24/h3-8,11-12,17-18,24,26,35H,9-10,13-16,19-21H2,1-2H3,(H,32,36). The van der Waals surface area contributed by atoms with E-state index in [0.717, 1.165) is 48.7 Å². The van der Waals surface area contributed by atoms with Crippen molar-refractivity contribution in [1.82, 2.24) is 10.2 Å². The molecule has 202 valence electrons. The van der Waals surface area contributed by atoms with Crippen molar-refractivity contribution in [3.8, 4) is 11.5 Å². The molecule has 0 spiro atoms. The topological polar surface area (TPSA) is 88.1 Å². The molecule has 3 unspecified atom stereocenters. The average Bonchev–Trinajstić information content (AvgIpc) is 3.71. The molecule has 2 aromatic carbocycles. The number of hydrogen-bond donors (Lipinski definition) is 2. The van der Waals surface area contributed by atoms with Crippen LogP contribution in [0, 0.1) is 5.92 Å². The molecule has 3 aliphatic rings. The number of carbonyl (C=O) groups excluding carboxylic acids is 2. The van der Waals surface area contributed by atoms with Crippen LogP contribution in [0.5, 0.6) is 11.5 Å². The number of carbonyl (C=O) groups is 2. The highest BCUT2D eigenvalue weighted by molar-refractivity contribution is 5.92. The number of ether oxygens (including phenoxy) is 2. The fourth-order valence-electron chi connectivity index (χ4n) is 6.60. The van der Waals surface area contributed by atoms with Crippen molar-refractivity contribution >= 4 is 18.0 Å². The summed E-state index contributed by atoms with van der Waals surface area (Å²) in [7, 11) is 1.66. The maximum absolute atomic E-state index is 12.9. The monoisotopic (exact) mass is 518 g/mol. The predicted octanol–water partition coefficient (Wildman–Crippen LogP) is 4.44. The summed E-state index contributed by atoms with van der Waals surface area (Å²) >= 11 is 0. The second kappa shape index (κ2) is 10.8. The van der Waals surface area contributed by atoms with Crippen LogP contribution in [0.2, 0.25) is 0 Å². The van der Waals surface area contributed by atoms with Crippen molar-refractivity contribution in [3.05, 3.63) is 65.7 Å². The molecule has 38 heavy (non-hydrogen) atoms. The number of esters is 1. The molecule has 3 atom stereocenters. The van der Waals surface area contributed by atoms with Crippen LogP contribution >= 0.6 is 0 Å². The molecule has 2 aliphatic carbocycles. The van der Waals surface area contributed by atoms with Gasteiger partial charge < -0.3 is 19.9 Å². The van der Waals surface area contributed by atoms with Crippen LogP contribution < -0.4 is 10.1 Å². The molecule has 1 heterocycles. The Morgan fingerprint density at radius 1 is 1.13 bits per heavy atom. The minimum atomic E-state index is -0.670. The minimum Gasteiger partial charge on any atom is -0.508 e. The Morgan fingerprint density at radius 3 is 2.68 bits per heavy atom. The number of rotatable bonds is 8. The number of aromatic hydroxyl groups is 1. The van der Waals surface area contributed by atoms with Gasteiger partial charge in [-0.05, 0) is 92.5 Å². The van der Waals surface area contributed by atoms with Gasteiger partial charge in [0.05, 0.1) is 7.11 Å². The molecule has 5 rings (SSSR count). The van der Waals surface area contributed by atoms with Crippen LogP contribution in [0.1, 0.15) is 56.6 Å². The molecule has 1 saturated heterocycles. The summed E-state index contributed by atoms with van der Waals surface area (Å²) in [6, 6.07) is 14.8. The summed E-state index contributed by atoms with van der Waals surface area (Å²) in [5.41, 5.74) is 0.738. The molecular formula is C31H38N2O5. The van der Waals surface area contributed by atoms with E-state index in [2.05, 4.69) is 22.3 Å². The minimum absolute atomic E-state index is 0.0683. The van der Waals surface area contributed by atoms with Gasteiger partial charge in [-0.1, -0.05) is 24.3 Å². The molecule has 2 saturated carbocycles. The zero-order valence-electron chi connectivity index (χ0n) is 22.3. The number of phenolic OH excluding ortho intramolecular Hbond substituents is 1. The van der Waals surface area contributed by atoms with Crippen molar-refractivity contribution < 1.29 is 24.2 Å². The van der Waals surface area contributed by atoms with Crippen molar-refractivity contribution in [2.24, 2.45) is 5.92 Å². The third-order valence-corrected chi connectivity index (χ3v) is 8.52. The maximum atomic E-state index is 12.9. The van der Waals surface area contributed by atoms with Gasteiger partial charge in [0.1, 0.15) is 17.1 Å². The Bertz CT molecular complexity index is 1210. The molecule has 2 aromatic rings. The van der Waals surface area contributed by atoms with Crippen LogP contribution in [0.25, 0.3) is 6.08 Å². The summed E-state index contributed by atoms with van der Waals surface area (Å²) < 4.78 is 11.9. The number of methoxy groups -OCH3 is 1. The smallest absolute Gasteiger partial charge is 0.303 e. The van der Waals surface area contributed by atoms with Crippen LogP contribution in [-0.4, -0.2) is 60.3 Å². The van der Waals surface area contributed by atoms with E-state index in [9.17, 15) is 14.7 Å². The number of fused-ring (bicyclic) bond motifs is 1. The van der Waals surface area contributed by atoms with E-state index in [1.807, 2.05) is 18.2 Å². The van der Waals surface area contributed by atoms with Crippen molar-refractivity contribution in [2.45, 2.75) is 62.5 Å². The molecule has 0 radical (unpaired) electrons. The molecule has 1 amide bonds. The van der Waals surface area contributed by atoms with Gasteiger partial charge >= 0.3 is 5.97 Å². The quantitative estimate of drug-likeness (QED) is 0.397. The number of piperidine rings is 1. The van der Waals surface area contributed by atoms with Crippen molar-refractivity contribution in [2.75, 3.05) is 26.7 Å². The van der Waals surface area contributed by atoms with Gasteiger partial charge in [-0.3, -0.25) is 14.5 Å². The first-order valence-electron chi connectivity index (χ1n) is 13.6. The summed E-state index contributed by atoms with van der Waals surface area (Å²) in [5, 5.41) is 12.9.